The van der Waals surface area contributed by atoms with Crippen LogP contribution in [0.5, 0.6) is 0 Å². The number of carbonyl (C=O) groups is 1. The molecule has 0 N–H and O–H groups in total. The summed E-state index contributed by atoms with van der Waals surface area (Å²) < 4.78 is 0. The van der Waals surface area contributed by atoms with Crippen LogP contribution < -0.4 is 4.90 Å². The Bertz CT molecular complexity index is 932. The summed E-state index contributed by atoms with van der Waals surface area (Å²) in [7, 11) is 0. The first-order valence-electron chi connectivity index (χ1n) is 11.6. The summed E-state index contributed by atoms with van der Waals surface area (Å²) in [5.74, 6) is 0.924. The zero-order valence-corrected chi connectivity index (χ0v) is 18.1. The summed E-state index contributed by atoms with van der Waals surface area (Å²) in [4.78, 5) is 29.2. The highest BCUT2D eigenvalue weighted by Gasteiger charge is 2.29. The van der Waals surface area contributed by atoms with Crippen molar-refractivity contribution in [1.82, 2.24) is 19.8 Å². The molecule has 0 unspecified atom stereocenters. The Morgan fingerprint density at radius 1 is 0.968 bits per heavy atom. The van der Waals surface area contributed by atoms with E-state index in [2.05, 4.69) is 14.8 Å². The van der Waals surface area contributed by atoms with Crippen LogP contribution in [0.2, 0.25) is 0 Å². The molecule has 2 aromatic rings. The fourth-order valence-electron chi connectivity index (χ4n) is 4.71. The molecule has 162 valence electrons. The number of rotatable bonds is 4. The van der Waals surface area contributed by atoms with Crippen molar-refractivity contribution < 1.29 is 4.79 Å². The molecular formula is C25H31N5O. The molecule has 31 heavy (non-hydrogen) atoms. The molecule has 1 aliphatic carbocycles. The second kappa shape index (κ2) is 9.18. The van der Waals surface area contributed by atoms with Crippen molar-refractivity contribution in [3.05, 3.63) is 59.4 Å². The van der Waals surface area contributed by atoms with Crippen LogP contribution in [0, 0.1) is 0 Å². The van der Waals surface area contributed by atoms with E-state index in [1.807, 2.05) is 47.5 Å². The van der Waals surface area contributed by atoms with E-state index in [0.717, 1.165) is 62.3 Å². The van der Waals surface area contributed by atoms with Gasteiger partial charge in [-0.1, -0.05) is 36.8 Å². The van der Waals surface area contributed by atoms with Crippen LogP contribution >= 0.6 is 0 Å². The van der Waals surface area contributed by atoms with Crippen LogP contribution in [0.3, 0.4) is 0 Å². The lowest BCUT2D eigenvalue weighted by atomic mass is 9.91. The van der Waals surface area contributed by atoms with E-state index < -0.39 is 0 Å². The Hall–Kier alpha value is -2.73. The van der Waals surface area contributed by atoms with Crippen LogP contribution in [0.4, 0.5) is 5.95 Å². The number of hydrogen-bond acceptors (Lipinski definition) is 5. The van der Waals surface area contributed by atoms with Gasteiger partial charge in [0.15, 0.2) is 0 Å². The van der Waals surface area contributed by atoms with Crippen molar-refractivity contribution in [3.63, 3.8) is 0 Å². The molecule has 3 heterocycles. The Morgan fingerprint density at radius 3 is 2.48 bits per heavy atom. The summed E-state index contributed by atoms with van der Waals surface area (Å²) in [5, 5.41) is 0. The minimum Gasteiger partial charge on any atom is -0.338 e. The van der Waals surface area contributed by atoms with Crippen molar-refractivity contribution in [2.24, 2.45) is 0 Å². The fourth-order valence-corrected chi connectivity index (χ4v) is 4.71. The molecule has 2 aliphatic heterocycles. The number of hydrogen-bond donors (Lipinski definition) is 0. The summed E-state index contributed by atoms with van der Waals surface area (Å²) in [6.45, 7) is 5.65. The van der Waals surface area contributed by atoms with Crippen molar-refractivity contribution in [1.29, 1.82) is 0 Å². The molecule has 2 fully saturated rings. The first-order valence-corrected chi connectivity index (χ1v) is 11.6. The number of carbonyl (C=O) groups excluding carboxylic acids is 1. The Kier molecular flexibility index (Phi) is 5.98. The monoisotopic (exact) mass is 417 g/mol. The molecule has 5 rings (SSSR count). The molecular weight excluding hydrogens is 386 g/mol. The largest absolute Gasteiger partial charge is 0.338 e. The van der Waals surface area contributed by atoms with Gasteiger partial charge >= 0.3 is 0 Å². The van der Waals surface area contributed by atoms with Crippen LogP contribution in [-0.2, 0) is 17.6 Å². The maximum absolute atomic E-state index is 12.7. The van der Waals surface area contributed by atoms with Gasteiger partial charge in [-0.3, -0.25) is 9.69 Å². The van der Waals surface area contributed by atoms with E-state index in [-0.39, 0.29) is 5.91 Å². The molecule has 6 heteroatoms. The molecule has 0 bridgehead atoms. The normalized spacial score (nSPS) is 20.4. The predicted molar refractivity (Wildman–Crippen MR) is 123 cm³/mol. The Balaban J connectivity index is 1.19. The van der Waals surface area contributed by atoms with Crippen molar-refractivity contribution >= 4 is 17.9 Å². The molecule has 1 aromatic heterocycles. The van der Waals surface area contributed by atoms with Crippen molar-refractivity contribution in [3.8, 4) is 0 Å². The van der Waals surface area contributed by atoms with Crippen LogP contribution in [0.1, 0.15) is 36.1 Å². The number of benzene rings is 1. The number of piperazine rings is 1. The zero-order valence-electron chi connectivity index (χ0n) is 18.1. The lowest BCUT2D eigenvalue weighted by Crippen LogP contribution is -2.52. The quantitative estimate of drug-likeness (QED) is 0.716. The number of nitrogens with zero attached hydrogens (tertiary/aromatic N) is 5. The van der Waals surface area contributed by atoms with Gasteiger partial charge in [0.25, 0.3) is 0 Å². The molecule has 0 spiro atoms. The highest BCUT2D eigenvalue weighted by atomic mass is 16.2. The van der Waals surface area contributed by atoms with Gasteiger partial charge in [-0.05, 0) is 36.5 Å². The number of anilines is 1. The molecule has 1 saturated heterocycles. The first kappa shape index (κ1) is 20.2. The average molecular weight is 418 g/mol. The molecule has 1 amide bonds. The summed E-state index contributed by atoms with van der Waals surface area (Å²) in [5.41, 5.74) is 3.33. The van der Waals surface area contributed by atoms with Gasteiger partial charge in [0.05, 0.1) is 5.69 Å². The summed E-state index contributed by atoms with van der Waals surface area (Å²) in [6, 6.07) is 10.8. The van der Waals surface area contributed by atoms with Gasteiger partial charge in [0, 0.05) is 64.0 Å². The lowest BCUT2D eigenvalue weighted by Gasteiger charge is -2.43. The average Bonchev–Trinajstić information content (AvgIpc) is 3.00. The fraction of sp³-hybridized carbons (Fsp3) is 0.480. The SMILES string of the molecule is O=C(/C=C/c1ccccc1)N1CCc2cnc(N3CCN(C4CCC4)CC3)nc2CC1. The third-order valence-corrected chi connectivity index (χ3v) is 6.93. The highest BCUT2D eigenvalue weighted by molar-refractivity contribution is 5.91. The van der Waals surface area contributed by atoms with E-state index in [1.165, 1.54) is 24.8 Å². The topological polar surface area (TPSA) is 52.6 Å². The number of fused-ring (bicyclic) bond motifs is 1. The first-order chi connectivity index (χ1) is 15.3. The lowest BCUT2D eigenvalue weighted by molar-refractivity contribution is -0.125. The minimum absolute atomic E-state index is 0.0666. The predicted octanol–water partition coefficient (Wildman–Crippen LogP) is 2.79. The number of amides is 1. The van der Waals surface area contributed by atoms with Crippen molar-refractivity contribution in [2.75, 3.05) is 44.2 Å². The maximum atomic E-state index is 12.7. The van der Waals surface area contributed by atoms with Crippen LogP contribution in [0.25, 0.3) is 6.08 Å². The number of aromatic nitrogens is 2. The van der Waals surface area contributed by atoms with Crippen LogP contribution in [0.15, 0.2) is 42.6 Å². The van der Waals surface area contributed by atoms with Gasteiger partial charge in [-0.25, -0.2) is 9.97 Å². The highest BCUT2D eigenvalue weighted by Crippen LogP contribution is 2.26. The Morgan fingerprint density at radius 2 is 1.74 bits per heavy atom. The van der Waals surface area contributed by atoms with E-state index in [1.54, 1.807) is 6.08 Å². The second-order valence-electron chi connectivity index (χ2n) is 8.82. The van der Waals surface area contributed by atoms with Crippen LogP contribution in [-0.4, -0.2) is 71.0 Å². The molecule has 3 aliphatic rings. The van der Waals surface area contributed by atoms with E-state index in [4.69, 9.17) is 4.98 Å². The van der Waals surface area contributed by atoms with Gasteiger partial charge in [-0.15, -0.1) is 0 Å². The van der Waals surface area contributed by atoms with E-state index >= 15 is 0 Å². The summed E-state index contributed by atoms with van der Waals surface area (Å²) >= 11 is 0. The van der Waals surface area contributed by atoms with Gasteiger partial charge in [-0.2, -0.15) is 0 Å². The Labute approximate surface area is 184 Å². The molecule has 6 nitrogen and oxygen atoms in total. The van der Waals surface area contributed by atoms with E-state index in [9.17, 15) is 4.79 Å². The zero-order chi connectivity index (χ0) is 21.0. The molecule has 0 atom stereocenters. The maximum Gasteiger partial charge on any atom is 0.246 e. The smallest absolute Gasteiger partial charge is 0.246 e. The standard InChI is InChI=1S/C25H31N5O/c31-24(10-9-20-5-2-1-3-6-20)29-13-11-21-19-26-25(27-23(21)12-14-29)30-17-15-28(16-18-30)22-7-4-8-22/h1-3,5-6,9-10,19,22H,4,7-8,11-18H2/b10-9+. The third-order valence-electron chi connectivity index (χ3n) is 6.93. The van der Waals surface area contributed by atoms with Gasteiger partial charge in [0.2, 0.25) is 11.9 Å². The molecule has 1 saturated carbocycles. The minimum atomic E-state index is 0.0666. The molecule has 1 aromatic carbocycles. The van der Waals surface area contributed by atoms with Gasteiger partial charge in [0.1, 0.15) is 0 Å². The van der Waals surface area contributed by atoms with E-state index in [0.29, 0.717) is 13.1 Å². The van der Waals surface area contributed by atoms with Crippen molar-refractivity contribution in [2.45, 2.75) is 38.1 Å². The summed E-state index contributed by atoms with van der Waals surface area (Å²) in [6.07, 6.45) is 11.3. The third kappa shape index (κ3) is 4.64. The second-order valence-corrected chi connectivity index (χ2v) is 8.82. The molecule has 0 radical (unpaired) electrons. The van der Waals surface area contributed by atoms with Gasteiger partial charge < -0.3 is 9.80 Å².